The van der Waals surface area contributed by atoms with Crippen molar-refractivity contribution >= 4 is 21.6 Å². The van der Waals surface area contributed by atoms with Crippen molar-refractivity contribution in [3.8, 4) is 5.75 Å². The molecule has 30 heavy (non-hydrogen) atoms. The maximum atomic E-state index is 13.1. The number of likely N-dealkylation sites (tertiary alicyclic amines) is 1. The van der Waals surface area contributed by atoms with Crippen molar-refractivity contribution < 1.29 is 23.1 Å². The number of amides is 1. The number of sulfonamides is 1. The zero-order valence-electron chi connectivity index (χ0n) is 17.2. The van der Waals surface area contributed by atoms with Crippen molar-refractivity contribution in [1.29, 1.82) is 0 Å². The number of nitrogens with one attached hydrogen (secondary N) is 1. The average molecular weight is 433 g/mol. The van der Waals surface area contributed by atoms with Gasteiger partial charge in [-0.1, -0.05) is 6.07 Å². The normalized spacial score (nSPS) is 18.0. The van der Waals surface area contributed by atoms with Gasteiger partial charge in [0.2, 0.25) is 0 Å². The molecule has 1 saturated heterocycles. The van der Waals surface area contributed by atoms with Gasteiger partial charge in [0, 0.05) is 23.8 Å². The third-order valence-corrected chi connectivity index (χ3v) is 6.61. The number of benzene rings is 2. The van der Waals surface area contributed by atoms with E-state index < -0.39 is 16.1 Å². The van der Waals surface area contributed by atoms with Gasteiger partial charge in [-0.2, -0.15) is 0 Å². The number of nitrogens with zero attached hydrogens (tertiary/aromatic N) is 1. The van der Waals surface area contributed by atoms with Crippen LogP contribution in [0.3, 0.4) is 0 Å². The summed E-state index contributed by atoms with van der Waals surface area (Å²) >= 11 is 0. The molecular formula is C22H28N2O5S. The second kappa shape index (κ2) is 9.49. The molecule has 162 valence electrons. The minimum Gasteiger partial charge on any atom is -0.497 e. The number of carbonyl (C=O) groups is 1. The smallest absolute Gasteiger partial charge is 0.261 e. The van der Waals surface area contributed by atoms with Crippen molar-refractivity contribution in [3.05, 3.63) is 54.1 Å². The second-order valence-electron chi connectivity index (χ2n) is 7.59. The summed E-state index contributed by atoms with van der Waals surface area (Å²) in [6.07, 6.45) is 2.78. The average Bonchev–Trinajstić information content (AvgIpc) is 2.73. The SMILES string of the molecule is COc1ccc(NS(=O)(=O)c2cccc(C(=O)N3CCCCC3CC(C)O)c2)cc1. The first-order valence-corrected chi connectivity index (χ1v) is 11.5. The summed E-state index contributed by atoms with van der Waals surface area (Å²) in [6.45, 7) is 2.33. The molecule has 2 aromatic carbocycles. The summed E-state index contributed by atoms with van der Waals surface area (Å²) in [4.78, 5) is 14.9. The Labute approximate surface area is 177 Å². The third-order valence-electron chi connectivity index (χ3n) is 5.23. The van der Waals surface area contributed by atoms with Gasteiger partial charge in [-0.25, -0.2) is 8.42 Å². The standard InChI is InChI=1S/C22H28N2O5S/c1-16(25)14-19-7-3-4-13-24(19)22(26)17-6-5-8-21(15-17)30(27,28)23-18-9-11-20(29-2)12-10-18/h5-6,8-12,15-16,19,23,25H,3-4,7,13-14H2,1-2H3. The molecule has 2 atom stereocenters. The molecule has 1 fully saturated rings. The number of carbonyl (C=O) groups excluding carboxylic acids is 1. The van der Waals surface area contributed by atoms with E-state index >= 15 is 0 Å². The molecule has 2 aromatic rings. The van der Waals surface area contributed by atoms with Crippen molar-refractivity contribution in [2.45, 2.75) is 49.6 Å². The van der Waals surface area contributed by atoms with E-state index in [4.69, 9.17) is 4.74 Å². The fourth-order valence-electron chi connectivity index (χ4n) is 3.74. The Hall–Kier alpha value is -2.58. The van der Waals surface area contributed by atoms with Crippen LogP contribution in [-0.4, -0.2) is 50.1 Å². The molecule has 7 nitrogen and oxygen atoms in total. The first kappa shape index (κ1) is 22.1. The van der Waals surface area contributed by atoms with Crippen LogP contribution in [0.15, 0.2) is 53.4 Å². The van der Waals surface area contributed by atoms with E-state index in [0.29, 0.717) is 30.0 Å². The predicted molar refractivity (Wildman–Crippen MR) is 115 cm³/mol. The number of ether oxygens (including phenoxy) is 1. The van der Waals surface area contributed by atoms with Gasteiger partial charge in [-0.3, -0.25) is 9.52 Å². The molecule has 3 rings (SSSR count). The van der Waals surface area contributed by atoms with Crippen molar-refractivity contribution in [1.82, 2.24) is 4.90 Å². The Morgan fingerprint density at radius 3 is 2.63 bits per heavy atom. The largest absolute Gasteiger partial charge is 0.497 e. The van der Waals surface area contributed by atoms with Crippen LogP contribution in [0, 0.1) is 0 Å². The molecule has 0 aromatic heterocycles. The van der Waals surface area contributed by atoms with Crippen molar-refractivity contribution in [2.75, 3.05) is 18.4 Å². The Morgan fingerprint density at radius 1 is 1.23 bits per heavy atom. The van der Waals surface area contributed by atoms with E-state index in [2.05, 4.69) is 4.72 Å². The van der Waals surface area contributed by atoms with E-state index in [0.717, 1.165) is 19.3 Å². The molecule has 2 N–H and O–H groups in total. The Bertz CT molecular complexity index is 973. The van der Waals surface area contributed by atoms with Gasteiger partial charge in [-0.15, -0.1) is 0 Å². The summed E-state index contributed by atoms with van der Waals surface area (Å²) in [5.74, 6) is 0.417. The number of aliphatic hydroxyl groups is 1. The fraction of sp³-hybridized carbons (Fsp3) is 0.409. The first-order chi connectivity index (χ1) is 14.3. The molecule has 0 saturated carbocycles. The molecule has 1 amide bonds. The van der Waals surface area contributed by atoms with Gasteiger partial charge in [0.25, 0.3) is 15.9 Å². The van der Waals surface area contributed by atoms with Crippen molar-refractivity contribution in [2.24, 2.45) is 0 Å². The minimum atomic E-state index is -3.85. The summed E-state index contributed by atoms with van der Waals surface area (Å²) in [6, 6.07) is 12.6. The lowest BCUT2D eigenvalue weighted by atomic mass is 9.96. The van der Waals surface area contributed by atoms with Gasteiger partial charge in [0.1, 0.15) is 5.75 Å². The van der Waals surface area contributed by atoms with Crippen LogP contribution in [0.2, 0.25) is 0 Å². The lowest BCUT2D eigenvalue weighted by molar-refractivity contribution is 0.0514. The van der Waals surface area contributed by atoms with Gasteiger partial charge in [0.05, 0.1) is 18.1 Å². The van der Waals surface area contributed by atoms with Crippen LogP contribution < -0.4 is 9.46 Å². The second-order valence-corrected chi connectivity index (χ2v) is 9.28. The molecular weight excluding hydrogens is 404 g/mol. The summed E-state index contributed by atoms with van der Waals surface area (Å²) in [5, 5.41) is 9.77. The topological polar surface area (TPSA) is 95.9 Å². The van der Waals surface area contributed by atoms with Crippen molar-refractivity contribution in [3.63, 3.8) is 0 Å². The van der Waals surface area contributed by atoms with E-state index in [1.54, 1.807) is 48.2 Å². The van der Waals surface area contributed by atoms with Gasteiger partial charge >= 0.3 is 0 Å². The molecule has 8 heteroatoms. The van der Waals surface area contributed by atoms with Crippen LogP contribution in [0.25, 0.3) is 0 Å². The molecule has 0 bridgehead atoms. The maximum Gasteiger partial charge on any atom is 0.261 e. The third kappa shape index (κ3) is 5.31. The Morgan fingerprint density at radius 2 is 1.97 bits per heavy atom. The Balaban J connectivity index is 1.80. The molecule has 2 unspecified atom stereocenters. The van der Waals surface area contributed by atoms with Gasteiger partial charge < -0.3 is 14.7 Å². The van der Waals surface area contributed by atoms with E-state index in [9.17, 15) is 18.3 Å². The first-order valence-electron chi connectivity index (χ1n) is 10.1. The molecule has 0 spiro atoms. The number of methoxy groups -OCH3 is 1. The lowest BCUT2D eigenvalue weighted by Crippen LogP contribution is -2.45. The van der Waals surface area contributed by atoms with E-state index in [1.807, 2.05) is 0 Å². The number of rotatable bonds is 7. The number of hydrogen-bond acceptors (Lipinski definition) is 5. The monoisotopic (exact) mass is 432 g/mol. The van der Waals surface area contributed by atoms with Gasteiger partial charge in [0.15, 0.2) is 0 Å². The van der Waals surface area contributed by atoms with Crippen LogP contribution in [0.5, 0.6) is 5.75 Å². The summed E-state index contributed by atoms with van der Waals surface area (Å²) in [7, 11) is -2.32. The van der Waals surface area contributed by atoms with Crippen LogP contribution in [0.4, 0.5) is 5.69 Å². The van der Waals surface area contributed by atoms with Gasteiger partial charge in [-0.05, 0) is 75.1 Å². The number of hydrogen-bond donors (Lipinski definition) is 2. The molecule has 1 aliphatic rings. The zero-order valence-corrected chi connectivity index (χ0v) is 18.1. The molecule has 0 aliphatic carbocycles. The van der Waals surface area contributed by atoms with E-state index in [1.165, 1.54) is 19.2 Å². The summed E-state index contributed by atoms with van der Waals surface area (Å²) in [5.41, 5.74) is 0.727. The minimum absolute atomic E-state index is 0.0215. The maximum absolute atomic E-state index is 13.1. The molecule has 1 aliphatic heterocycles. The van der Waals surface area contributed by atoms with Crippen LogP contribution in [-0.2, 0) is 10.0 Å². The van der Waals surface area contributed by atoms with Crippen LogP contribution in [0.1, 0.15) is 43.0 Å². The fourth-order valence-corrected chi connectivity index (χ4v) is 4.85. The molecule has 0 radical (unpaired) electrons. The quantitative estimate of drug-likeness (QED) is 0.700. The lowest BCUT2D eigenvalue weighted by Gasteiger charge is -2.36. The predicted octanol–water partition coefficient (Wildman–Crippen LogP) is 3.26. The Kier molecular flexibility index (Phi) is 6.99. The number of aliphatic hydroxyl groups excluding tert-OH is 1. The highest BCUT2D eigenvalue weighted by molar-refractivity contribution is 7.92. The highest BCUT2D eigenvalue weighted by Gasteiger charge is 2.29. The van der Waals surface area contributed by atoms with Crippen LogP contribution >= 0.6 is 0 Å². The van der Waals surface area contributed by atoms with E-state index in [-0.39, 0.29) is 16.8 Å². The molecule has 1 heterocycles. The number of anilines is 1. The highest BCUT2D eigenvalue weighted by Crippen LogP contribution is 2.25. The highest BCUT2D eigenvalue weighted by atomic mass is 32.2. The summed E-state index contributed by atoms with van der Waals surface area (Å²) < 4.78 is 33.2. The number of piperidine rings is 1. The zero-order chi connectivity index (χ0) is 21.7.